The first-order valence-electron chi connectivity index (χ1n) is 7.06. The number of rotatable bonds is 3. The van der Waals surface area contributed by atoms with Crippen molar-refractivity contribution < 1.29 is 19.1 Å². The second-order valence-corrected chi connectivity index (χ2v) is 5.48. The van der Waals surface area contributed by atoms with Crippen LogP contribution in [0.5, 0.6) is 11.5 Å². The van der Waals surface area contributed by atoms with Crippen molar-refractivity contribution in [2.24, 2.45) is 0 Å². The van der Waals surface area contributed by atoms with Gasteiger partial charge < -0.3 is 14.8 Å². The summed E-state index contributed by atoms with van der Waals surface area (Å²) >= 11 is 6.13. The number of hydrogen-bond donors (Lipinski definition) is 1. The molecule has 0 aromatic heterocycles. The highest BCUT2D eigenvalue weighted by atomic mass is 35.5. The van der Waals surface area contributed by atoms with E-state index in [0.717, 1.165) is 0 Å². The molecule has 1 amide bonds. The van der Waals surface area contributed by atoms with E-state index in [4.69, 9.17) is 21.1 Å². The van der Waals surface area contributed by atoms with Gasteiger partial charge in [-0.05, 0) is 43.3 Å². The van der Waals surface area contributed by atoms with E-state index in [9.17, 15) is 9.59 Å². The predicted octanol–water partition coefficient (Wildman–Crippen LogP) is 3.57. The van der Waals surface area contributed by atoms with Crippen LogP contribution in [0.15, 0.2) is 36.4 Å². The zero-order valence-corrected chi connectivity index (χ0v) is 13.1. The Kier molecular flexibility index (Phi) is 4.21. The van der Waals surface area contributed by atoms with Crippen molar-refractivity contribution >= 4 is 29.0 Å². The Morgan fingerprint density at radius 2 is 1.74 bits per heavy atom. The molecule has 0 bridgehead atoms. The van der Waals surface area contributed by atoms with Gasteiger partial charge in [0.25, 0.3) is 5.91 Å². The molecule has 0 aliphatic carbocycles. The van der Waals surface area contributed by atoms with Gasteiger partial charge in [0.2, 0.25) is 0 Å². The van der Waals surface area contributed by atoms with Crippen LogP contribution in [-0.4, -0.2) is 24.9 Å². The third kappa shape index (κ3) is 3.29. The average Bonchev–Trinajstić information content (AvgIpc) is 2.55. The molecule has 6 heteroatoms. The van der Waals surface area contributed by atoms with Crippen molar-refractivity contribution in [2.45, 2.75) is 6.92 Å². The minimum absolute atomic E-state index is 0.0264. The van der Waals surface area contributed by atoms with E-state index in [0.29, 0.717) is 46.5 Å². The molecule has 118 valence electrons. The third-order valence-corrected chi connectivity index (χ3v) is 3.69. The number of anilines is 1. The fraction of sp³-hybridized carbons (Fsp3) is 0.176. The van der Waals surface area contributed by atoms with Gasteiger partial charge in [-0.2, -0.15) is 0 Å². The second kappa shape index (κ2) is 6.30. The fourth-order valence-corrected chi connectivity index (χ4v) is 2.50. The Labute approximate surface area is 138 Å². The van der Waals surface area contributed by atoms with Crippen LogP contribution in [0, 0.1) is 0 Å². The topological polar surface area (TPSA) is 64.6 Å². The lowest BCUT2D eigenvalue weighted by atomic mass is 10.1. The molecule has 0 unspecified atom stereocenters. The maximum Gasteiger partial charge on any atom is 0.255 e. The van der Waals surface area contributed by atoms with E-state index in [1.807, 2.05) is 0 Å². The summed E-state index contributed by atoms with van der Waals surface area (Å²) < 4.78 is 10.9. The summed E-state index contributed by atoms with van der Waals surface area (Å²) in [5.74, 6) is 0.571. The molecule has 1 N–H and O–H groups in total. The standard InChI is InChI=1S/C17H14ClNO4/c1-10(20)11-2-4-13(5-3-11)19-17(21)12-8-14(18)16-15(9-12)22-6-7-23-16/h2-5,8-9H,6-7H2,1H3,(H,19,21). The second-order valence-electron chi connectivity index (χ2n) is 5.07. The molecule has 0 spiro atoms. The molecule has 0 saturated carbocycles. The fourth-order valence-electron chi connectivity index (χ4n) is 2.23. The summed E-state index contributed by atoms with van der Waals surface area (Å²) in [6.45, 7) is 2.34. The number of amides is 1. The summed E-state index contributed by atoms with van der Waals surface area (Å²) in [4.78, 5) is 23.6. The highest BCUT2D eigenvalue weighted by molar-refractivity contribution is 6.32. The smallest absolute Gasteiger partial charge is 0.255 e. The van der Waals surface area contributed by atoms with Crippen molar-refractivity contribution in [3.8, 4) is 11.5 Å². The normalized spacial score (nSPS) is 12.6. The van der Waals surface area contributed by atoms with Gasteiger partial charge in [-0.3, -0.25) is 9.59 Å². The molecule has 5 nitrogen and oxygen atoms in total. The van der Waals surface area contributed by atoms with Crippen molar-refractivity contribution in [1.82, 2.24) is 0 Å². The monoisotopic (exact) mass is 331 g/mol. The number of nitrogens with one attached hydrogen (secondary N) is 1. The predicted molar refractivity (Wildman–Crippen MR) is 86.8 cm³/mol. The highest BCUT2D eigenvalue weighted by Gasteiger charge is 2.19. The first kappa shape index (κ1) is 15.4. The Balaban J connectivity index is 1.80. The number of carbonyl (C=O) groups excluding carboxylic acids is 2. The number of ketones is 1. The molecule has 0 fully saturated rings. The Hall–Kier alpha value is -2.53. The first-order chi connectivity index (χ1) is 11.0. The van der Waals surface area contributed by atoms with Gasteiger partial charge >= 0.3 is 0 Å². The first-order valence-corrected chi connectivity index (χ1v) is 7.44. The maximum atomic E-state index is 12.3. The zero-order chi connectivity index (χ0) is 16.4. The molecule has 1 aliphatic rings. The molecular formula is C17H14ClNO4. The maximum absolute atomic E-state index is 12.3. The van der Waals surface area contributed by atoms with Crippen molar-refractivity contribution in [1.29, 1.82) is 0 Å². The van der Waals surface area contributed by atoms with Gasteiger partial charge in [0.15, 0.2) is 17.3 Å². The van der Waals surface area contributed by atoms with Crippen LogP contribution in [0.2, 0.25) is 5.02 Å². The largest absolute Gasteiger partial charge is 0.486 e. The quantitative estimate of drug-likeness (QED) is 0.873. The number of hydrogen-bond acceptors (Lipinski definition) is 4. The van der Waals surface area contributed by atoms with E-state index in [2.05, 4.69) is 5.32 Å². The van der Waals surface area contributed by atoms with E-state index in [-0.39, 0.29) is 11.7 Å². The lowest BCUT2D eigenvalue weighted by molar-refractivity contribution is 0.101. The number of halogens is 1. The molecule has 3 rings (SSSR count). The van der Waals surface area contributed by atoms with Gasteiger partial charge in [-0.1, -0.05) is 11.6 Å². The molecular weight excluding hydrogens is 318 g/mol. The van der Waals surface area contributed by atoms with E-state index in [1.165, 1.54) is 13.0 Å². The van der Waals surface area contributed by atoms with Crippen LogP contribution < -0.4 is 14.8 Å². The molecule has 0 saturated heterocycles. The number of carbonyl (C=O) groups is 2. The van der Waals surface area contributed by atoms with Crippen molar-refractivity contribution in [3.63, 3.8) is 0 Å². The van der Waals surface area contributed by atoms with Gasteiger partial charge in [0, 0.05) is 16.8 Å². The summed E-state index contributed by atoms with van der Waals surface area (Å²) in [5, 5.41) is 3.09. The number of benzene rings is 2. The van der Waals surface area contributed by atoms with Crippen LogP contribution in [0.3, 0.4) is 0 Å². The molecule has 2 aromatic carbocycles. The Morgan fingerprint density at radius 1 is 1.04 bits per heavy atom. The van der Waals surface area contributed by atoms with Gasteiger partial charge in [-0.25, -0.2) is 0 Å². The number of ether oxygens (including phenoxy) is 2. The van der Waals surface area contributed by atoms with Crippen LogP contribution in [0.4, 0.5) is 5.69 Å². The van der Waals surface area contributed by atoms with E-state index in [1.54, 1.807) is 30.3 Å². The summed E-state index contributed by atoms with van der Waals surface area (Å²) in [7, 11) is 0. The molecule has 0 radical (unpaired) electrons. The van der Waals surface area contributed by atoms with Crippen LogP contribution in [-0.2, 0) is 0 Å². The van der Waals surface area contributed by atoms with Crippen molar-refractivity contribution in [3.05, 3.63) is 52.5 Å². The van der Waals surface area contributed by atoms with Gasteiger partial charge in [-0.15, -0.1) is 0 Å². The van der Waals surface area contributed by atoms with Gasteiger partial charge in [0.05, 0.1) is 5.02 Å². The Morgan fingerprint density at radius 3 is 2.43 bits per heavy atom. The lowest BCUT2D eigenvalue weighted by Crippen LogP contribution is -2.17. The molecule has 1 aliphatic heterocycles. The minimum Gasteiger partial charge on any atom is -0.486 e. The van der Waals surface area contributed by atoms with Crippen LogP contribution >= 0.6 is 11.6 Å². The average molecular weight is 332 g/mol. The summed E-state index contributed by atoms with van der Waals surface area (Å²) in [6, 6.07) is 9.81. The highest BCUT2D eigenvalue weighted by Crippen LogP contribution is 2.38. The number of Topliss-reactive ketones (excluding diaryl/α,β-unsaturated/α-hetero) is 1. The minimum atomic E-state index is -0.320. The molecule has 1 heterocycles. The number of fused-ring (bicyclic) bond motifs is 1. The molecule has 2 aromatic rings. The van der Waals surface area contributed by atoms with Gasteiger partial charge in [0.1, 0.15) is 13.2 Å². The molecule has 23 heavy (non-hydrogen) atoms. The van der Waals surface area contributed by atoms with Crippen LogP contribution in [0.25, 0.3) is 0 Å². The zero-order valence-electron chi connectivity index (χ0n) is 12.4. The van der Waals surface area contributed by atoms with E-state index < -0.39 is 0 Å². The Bertz CT molecular complexity index is 771. The molecule has 0 atom stereocenters. The van der Waals surface area contributed by atoms with Crippen molar-refractivity contribution in [2.75, 3.05) is 18.5 Å². The van der Waals surface area contributed by atoms with E-state index >= 15 is 0 Å². The summed E-state index contributed by atoms with van der Waals surface area (Å²) in [6.07, 6.45) is 0. The van der Waals surface area contributed by atoms with Crippen LogP contribution in [0.1, 0.15) is 27.6 Å². The third-order valence-electron chi connectivity index (χ3n) is 3.41. The SMILES string of the molecule is CC(=O)c1ccc(NC(=O)c2cc(Cl)c3c(c2)OCCO3)cc1. The summed E-state index contributed by atoms with van der Waals surface area (Å²) in [5.41, 5.74) is 1.55. The lowest BCUT2D eigenvalue weighted by Gasteiger charge is -2.20.